The molecule has 0 radical (unpaired) electrons. The first kappa shape index (κ1) is 21.2. The summed E-state index contributed by atoms with van der Waals surface area (Å²) in [7, 11) is 1.68. The zero-order chi connectivity index (χ0) is 21.0. The second-order valence-electron chi connectivity index (χ2n) is 8.08. The van der Waals surface area contributed by atoms with Crippen molar-refractivity contribution in [1.29, 1.82) is 0 Å². The quantitative estimate of drug-likeness (QED) is 0.785. The molecule has 3 rings (SSSR count). The Kier molecular flexibility index (Phi) is 6.82. The van der Waals surface area contributed by atoms with Gasteiger partial charge in [-0.3, -0.25) is 14.4 Å². The van der Waals surface area contributed by atoms with E-state index < -0.39 is 17.6 Å². The van der Waals surface area contributed by atoms with Crippen LogP contribution in [0.1, 0.15) is 44.1 Å². The Morgan fingerprint density at radius 1 is 1.03 bits per heavy atom. The summed E-state index contributed by atoms with van der Waals surface area (Å²) in [6, 6.07) is 2.99. The van der Waals surface area contributed by atoms with Gasteiger partial charge in [-0.15, -0.1) is 0 Å². The first-order chi connectivity index (χ1) is 13.8. The molecule has 6 nitrogen and oxygen atoms in total. The van der Waals surface area contributed by atoms with Crippen LogP contribution in [-0.2, 0) is 20.9 Å². The van der Waals surface area contributed by atoms with Crippen LogP contribution in [0, 0.1) is 23.5 Å². The Morgan fingerprint density at radius 3 is 2.38 bits per heavy atom. The second kappa shape index (κ2) is 9.33. The lowest BCUT2D eigenvalue weighted by molar-refractivity contribution is -0.135. The van der Waals surface area contributed by atoms with Crippen LogP contribution in [0.3, 0.4) is 0 Å². The molecule has 2 aliphatic rings. The molecule has 1 saturated heterocycles. The lowest BCUT2D eigenvalue weighted by Crippen LogP contribution is -2.44. The van der Waals surface area contributed by atoms with Crippen molar-refractivity contribution in [3.05, 3.63) is 35.4 Å². The number of halogens is 2. The Balaban J connectivity index is 1.57. The number of carbonyl (C=O) groups excluding carboxylic acids is 3. The molecule has 0 unspecified atom stereocenters. The number of rotatable bonds is 5. The normalized spacial score (nSPS) is 23.0. The maximum absolute atomic E-state index is 13.3. The third-order valence-corrected chi connectivity index (χ3v) is 5.50. The number of likely N-dealkylation sites (N-methyl/N-ethyl adjacent to an activating group) is 1. The molecule has 29 heavy (non-hydrogen) atoms. The van der Waals surface area contributed by atoms with E-state index in [-0.39, 0.29) is 42.6 Å². The first-order valence-corrected chi connectivity index (χ1v) is 10.1. The van der Waals surface area contributed by atoms with Crippen molar-refractivity contribution >= 4 is 17.7 Å². The monoisotopic (exact) mass is 407 g/mol. The fraction of sp³-hybridized carbons (Fsp3) is 0.571. The number of carbonyl (C=O) groups is 3. The largest absolute Gasteiger partial charge is 0.352 e. The minimum Gasteiger partial charge on any atom is -0.352 e. The molecule has 1 aromatic carbocycles. The van der Waals surface area contributed by atoms with Crippen LogP contribution < -0.4 is 10.6 Å². The highest BCUT2D eigenvalue weighted by Crippen LogP contribution is 2.29. The number of hydrogen-bond donors (Lipinski definition) is 2. The highest BCUT2D eigenvalue weighted by Gasteiger charge is 2.32. The predicted octanol–water partition coefficient (Wildman–Crippen LogP) is 2.12. The molecule has 158 valence electrons. The summed E-state index contributed by atoms with van der Waals surface area (Å²) in [4.78, 5) is 38.7. The Hall–Kier alpha value is -2.51. The zero-order valence-corrected chi connectivity index (χ0v) is 16.5. The van der Waals surface area contributed by atoms with Crippen LogP contribution in [0.4, 0.5) is 8.78 Å². The molecule has 1 heterocycles. The summed E-state index contributed by atoms with van der Waals surface area (Å²) in [5.74, 6) is -2.23. The van der Waals surface area contributed by atoms with Gasteiger partial charge in [-0.05, 0) is 43.4 Å². The van der Waals surface area contributed by atoms with Crippen LogP contribution in [0.25, 0.3) is 0 Å². The lowest BCUT2D eigenvalue weighted by atomic mass is 9.96. The third kappa shape index (κ3) is 6.24. The summed E-state index contributed by atoms with van der Waals surface area (Å²) in [6.45, 7) is 0.419. The fourth-order valence-corrected chi connectivity index (χ4v) is 3.66. The average Bonchev–Trinajstić information content (AvgIpc) is 3.48. The third-order valence-electron chi connectivity index (χ3n) is 5.50. The van der Waals surface area contributed by atoms with Gasteiger partial charge in [0.15, 0.2) is 0 Å². The molecule has 1 saturated carbocycles. The number of nitrogens with one attached hydrogen (secondary N) is 2. The average molecular weight is 407 g/mol. The van der Waals surface area contributed by atoms with Gasteiger partial charge in [-0.1, -0.05) is 6.42 Å². The smallest absolute Gasteiger partial charge is 0.223 e. The highest BCUT2D eigenvalue weighted by atomic mass is 19.1. The van der Waals surface area contributed by atoms with Crippen molar-refractivity contribution in [2.24, 2.45) is 11.8 Å². The Morgan fingerprint density at radius 2 is 1.72 bits per heavy atom. The highest BCUT2D eigenvalue weighted by molar-refractivity contribution is 5.86. The molecule has 1 aliphatic carbocycles. The maximum atomic E-state index is 13.3. The second-order valence-corrected chi connectivity index (χ2v) is 8.08. The van der Waals surface area contributed by atoms with Crippen LogP contribution in [-0.4, -0.2) is 42.3 Å². The van der Waals surface area contributed by atoms with Gasteiger partial charge >= 0.3 is 0 Å². The van der Waals surface area contributed by atoms with E-state index in [2.05, 4.69) is 10.6 Å². The van der Waals surface area contributed by atoms with Gasteiger partial charge in [-0.2, -0.15) is 0 Å². The van der Waals surface area contributed by atoms with Crippen LogP contribution >= 0.6 is 0 Å². The molecule has 0 bridgehead atoms. The van der Waals surface area contributed by atoms with E-state index >= 15 is 0 Å². The zero-order valence-electron chi connectivity index (χ0n) is 16.5. The van der Waals surface area contributed by atoms with E-state index in [0.29, 0.717) is 31.4 Å². The van der Waals surface area contributed by atoms with E-state index in [0.717, 1.165) is 18.9 Å². The molecule has 0 aromatic heterocycles. The molecule has 3 amide bonds. The predicted molar refractivity (Wildman–Crippen MR) is 102 cm³/mol. The van der Waals surface area contributed by atoms with Crippen LogP contribution in [0.15, 0.2) is 18.2 Å². The van der Waals surface area contributed by atoms with E-state index in [1.54, 1.807) is 11.9 Å². The van der Waals surface area contributed by atoms with Gasteiger partial charge in [0.25, 0.3) is 0 Å². The summed E-state index contributed by atoms with van der Waals surface area (Å²) < 4.78 is 26.6. The fourth-order valence-electron chi connectivity index (χ4n) is 3.66. The van der Waals surface area contributed by atoms with Crippen molar-refractivity contribution in [3.8, 4) is 0 Å². The summed E-state index contributed by atoms with van der Waals surface area (Å²) in [6.07, 6.45) is 3.82. The summed E-state index contributed by atoms with van der Waals surface area (Å²) in [5, 5.41) is 5.71. The maximum Gasteiger partial charge on any atom is 0.223 e. The number of nitrogens with zero attached hydrogens (tertiary/aromatic N) is 1. The molecule has 0 spiro atoms. The minimum absolute atomic E-state index is 0.00584. The molecular weight excluding hydrogens is 380 g/mol. The van der Waals surface area contributed by atoms with Crippen molar-refractivity contribution in [2.75, 3.05) is 13.6 Å². The van der Waals surface area contributed by atoms with Crippen molar-refractivity contribution in [2.45, 2.75) is 51.1 Å². The molecule has 1 aromatic rings. The minimum atomic E-state index is -0.701. The molecule has 8 heteroatoms. The summed E-state index contributed by atoms with van der Waals surface area (Å²) >= 11 is 0. The van der Waals surface area contributed by atoms with E-state index in [9.17, 15) is 23.2 Å². The van der Waals surface area contributed by atoms with Gasteiger partial charge in [0, 0.05) is 50.5 Å². The van der Waals surface area contributed by atoms with Gasteiger partial charge in [0.2, 0.25) is 17.7 Å². The van der Waals surface area contributed by atoms with Crippen LogP contribution in [0.5, 0.6) is 0 Å². The number of amides is 3. The van der Waals surface area contributed by atoms with Crippen LogP contribution in [0.2, 0.25) is 0 Å². The number of benzene rings is 1. The van der Waals surface area contributed by atoms with Gasteiger partial charge in [0.05, 0.1) is 0 Å². The Bertz CT molecular complexity index is 762. The molecular formula is C21H27F2N3O3. The standard InChI is InChI=1S/C21H27F2N3O3/c1-26-12-18(25-21(29)14-5-6-14)4-2-3-15(9-19(26)27)20(28)24-11-13-7-16(22)10-17(23)8-13/h7-8,10,14-15,18H,2-6,9,11-12H2,1H3,(H,24,28)(H,25,29)/t15-,18-/m1/s1. The van der Waals surface area contributed by atoms with Crippen molar-refractivity contribution in [3.63, 3.8) is 0 Å². The topological polar surface area (TPSA) is 78.5 Å². The van der Waals surface area contributed by atoms with Gasteiger partial charge in [0.1, 0.15) is 11.6 Å². The van der Waals surface area contributed by atoms with Gasteiger partial charge in [-0.25, -0.2) is 8.78 Å². The van der Waals surface area contributed by atoms with E-state index in [1.807, 2.05) is 0 Å². The van der Waals surface area contributed by atoms with Gasteiger partial charge < -0.3 is 15.5 Å². The molecule has 1 aliphatic heterocycles. The van der Waals surface area contributed by atoms with E-state index in [4.69, 9.17) is 0 Å². The lowest BCUT2D eigenvalue weighted by Gasteiger charge is -2.24. The van der Waals surface area contributed by atoms with Crippen molar-refractivity contribution in [1.82, 2.24) is 15.5 Å². The molecule has 2 N–H and O–H groups in total. The first-order valence-electron chi connectivity index (χ1n) is 10.1. The summed E-state index contributed by atoms with van der Waals surface area (Å²) in [5.41, 5.74) is 0.324. The number of hydrogen-bond acceptors (Lipinski definition) is 3. The Labute approximate surface area is 169 Å². The molecule has 2 atom stereocenters. The van der Waals surface area contributed by atoms with E-state index in [1.165, 1.54) is 12.1 Å². The SMILES string of the molecule is CN1C[C@H](NC(=O)C2CC2)CCC[C@@H](C(=O)NCc2cc(F)cc(F)c2)CC1=O. The molecule has 2 fully saturated rings. The van der Waals surface area contributed by atoms with Crippen molar-refractivity contribution < 1.29 is 23.2 Å².